The van der Waals surface area contributed by atoms with Crippen molar-refractivity contribution in [2.75, 3.05) is 0 Å². The zero-order chi connectivity index (χ0) is 13.5. The lowest BCUT2D eigenvalue weighted by molar-refractivity contribution is -0.110. The van der Waals surface area contributed by atoms with Crippen LogP contribution in [-0.4, -0.2) is 22.5 Å². The number of aliphatic hydroxyl groups is 1. The van der Waals surface area contributed by atoms with E-state index in [9.17, 15) is 9.90 Å². The summed E-state index contributed by atoms with van der Waals surface area (Å²) in [4.78, 5) is 14.9. The van der Waals surface area contributed by atoms with Gasteiger partial charge in [0.1, 0.15) is 0 Å². The van der Waals surface area contributed by atoms with Crippen molar-refractivity contribution < 1.29 is 9.90 Å². The molecule has 1 fully saturated rings. The molecule has 2 N–H and O–H groups in total. The quantitative estimate of drug-likeness (QED) is 0.773. The lowest BCUT2D eigenvalue weighted by Gasteiger charge is -2.31. The highest BCUT2D eigenvalue weighted by molar-refractivity contribution is 5.46. The molecule has 19 heavy (non-hydrogen) atoms. The summed E-state index contributed by atoms with van der Waals surface area (Å²) < 4.78 is 0. The van der Waals surface area contributed by atoms with Gasteiger partial charge in [-0.3, -0.25) is 9.78 Å². The van der Waals surface area contributed by atoms with Crippen molar-refractivity contribution in [1.29, 1.82) is 0 Å². The SMILES string of the molecule is O=CNC(CC(O)c1ccccn1)C1CCCCC1. The average Bonchev–Trinajstić information content (AvgIpc) is 2.48. The van der Waals surface area contributed by atoms with Crippen LogP contribution in [0.3, 0.4) is 0 Å². The largest absolute Gasteiger partial charge is 0.387 e. The van der Waals surface area contributed by atoms with Crippen molar-refractivity contribution in [3.05, 3.63) is 30.1 Å². The summed E-state index contributed by atoms with van der Waals surface area (Å²) in [6.07, 6.45) is 8.38. The first-order valence-corrected chi connectivity index (χ1v) is 7.10. The van der Waals surface area contributed by atoms with E-state index in [1.807, 2.05) is 18.2 Å². The van der Waals surface area contributed by atoms with Crippen molar-refractivity contribution in [3.8, 4) is 0 Å². The topological polar surface area (TPSA) is 62.2 Å². The fourth-order valence-corrected chi connectivity index (χ4v) is 2.95. The number of hydrogen-bond acceptors (Lipinski definition) is 3. The Labute approximate surface area is 114 Å². The molecule has 1 aromatic heterocycles. The molecule has 2 unspecified atom stereocenters. The highest BCUT2D eigenvalue weighted by atomic mass is 16.3. The molecular formula is C15H22N2O2. The Morgan fingerprint density at radius 1 is 1.37 bits per heavy atom. The molecule has 0 aliphatic heterocycles. The van der Waals surface area contributed by atoms with Gasteiger partial charge in [-0.2, -0.15) is 0 Å². The van der Waals surface area contributed by atoms with E-state index < -0.39 is 6.10 Å². The maximum absolute atomic E-state index is 10.8. The van der Waals surface area contributed by atoms with Crippen molar-refractivity contribution in [2.45, 2.75) is 50.7 Å². The number of aliphatic hydroxyl groups excluding tert-OH is 1. The Morgan fingerprint density at radius 3 is 2.79 bits per heavy atom. The summed E-state index contributed by atoms with van der Waals surface area (Å²) in [5, 5.41) is 13.1. The molecule has 0 radical (unpaired) electrons. The molecular weight excluding hydrogens is 240 g/mol. The van der Waals surface area contributed by atoms with Crippen LogP contribution < -0.4 is 5.32 Å². The molecule has 0 spiro atoms. The number of nitrogens with zero attached hydrogens (tertiary/aromatic N) is 1. The van der Waals surface area contributed by atoms with Gasteiger partial charge in [0.2, 0.25) is 6.41 Å². The summed E-state index contributed by atoms with van der Waals surface area (Å²) in [6, 6.07) is 5.57. The summed E-state index contributed by atoms with van der Waals surface area (Å²) in [6.45, 7) is 0. The minimum atomic E-state index is -0.611. The standard InChI is InChI=1S/C15H22N2O2/c18-11-17-14(12-6-2-1-3-7-12)10-15(19)13-8-4-5-9-16-13/h4-5,8-9,11-12,14-15,19H,1-3,6-7,10H2,(H,17,18). The van der Waals surface area contributed by atoms with Gasteiger partial charge in [-0.25, -0.2) is 0 Å². The number of carbonyl (C=O) groups excluding carboxylic acids is 1. The highest BCUT2D eigenvalue weighted by Crippen LogP contribution is 2.30. The van der Waals surface area contributed by atoms with E-state index in [0.29, 0.717) is 18.0 Å². The predicted octanol–water partition coefficient (Wildman–Crippen LogP) is 2.20. The molecule has 1 amide bonds. The van der Waals surface area contributed by atoms with Gasteiger partial charge in [0.25, 0.3) is 0 Å². The second kappa shape index (κ2) is 7.24. The molecule has 0 aromatic carbocycles. The van der Waals surface area contributed by atoms with Crippen LogP contribution in [0.2, 0.25) is 0 Å². The van der Waals surface area contributed by atoms with Gasteiger partial charge < -0.3 is 10.4 Å². The molecule has 1 aliphatic carbocycles. The Bertz CT molecular complexity index is 377. The van der Waals surface area contributed by atoms with Crippen LogP contribution in [0.1, 0.15) is 50.3 Å². The van der Waals surface area contributed by atoms with Crippen molar-refractivity contribution >= 4 is 6.41 Å². The molecule has 1 aromatic rings. The van der Waals surface area contributed by atoms with Crippen LogP contribution in [0.15, 0.2) is 24.4 Å². The average molecular weight is 262 g/mol. The fourth-order valence-electron chi connectivity index (χ4n) is 2.95. The van der Waals surface area contributed by atoms with E-state index >= 15 is 0 Å². The van der Waals surface area contributed by atoms with Crippen molar-refractivity contribution in [1.82, 2.24) is 10.3 Å². The molecule has 1 heterocycles. The summed E-state index contributed by atoms with van der Waals surface area (Å²) in [5.41, 5.74) is 0.677. The molecule has 2 rings (SSSR count). The normalized spacial score (nSPS) is 19.6. The smallest absolute Gasteiger partial charge is 0.207 e. The molecule has 1 aliphatic rings. The first kappa shape index (κ1) is 14.0. The number of carbonyl (C=O) groups is 1. The van der Waals surface area contributed by atoms with Crippen LogP contribution >= 0.6 is 0 Å². The molecule has 4 nitrogen and oxygen atoms in total. The van der Waals surface area contributed by atoms with Crippen LogP contribution in [0.5, 0.6) is 0 Å². The lowest BCUT2D eigenvalue weighted by Crippen LogP contribution is -2.37. The highest BCUT2D eigenvalue weighted by Gasteiger charge is 2.26. The van der Waals surface area contributed by atoms with Gasteiger partial charge in [-0.05, 0) is 37.3 Å². The maximum atomic E-state index is 10.8. The molecule has 104 valence electrons. The van der Waals surface area contributed by atoms with E-state index in [1.54, 1.807) is 6.20 Å². The first-order chi connectivity index (χ1) is 9.31. The van der Waals surface area contributed by atoms with Crippen LogP contribution in [0.4, 0.5) is 0 Å². The third-order valence-corrected chi connectivity index (χ3v) is 4.01. The Morgan fingerprint density at radius 2 is 2.16 bits per heavy atom. The zero-order valence-electron chi connectivity index (χ0n) is 11.2. The van der Waals surface area contributed by atoms with E-state index in [0.717, 1.165) is 19.3 Å². The minimum Gasteiger partial charge on any atom is -0.387 e. The number of aromatic nitrogens is 1. The number of pyridine rings is 1. The van der Waals surface area contributed by atoms with Crippen LogP contribution in [0, 0.1) is 5.92 Å². The second-order valence-corrected chi connectivity index (χ2v) is 5.30. The summed E-state index contributed by atoms with van der Waals surface area (Å²) in [5.74, 6) is 0.484. The number of rotatable bonds is 6. The molecule has 2 atom stereocenters. The lowest BCUT2D eigenvalue weighted by atomic mass is 9.81. The van der Waals surface area contributed by atoms with Gasteiger partial charge >= 0.3 is 0 Å². The predicted molar refractivity (Wildman–Crippen MR) is 73.4 cm³/mol. The Hall–Kier alpha value is -1.42. The van der Waals surface area contributed by atoms with Gasteiger partial charge in [-0.1, -0.05) is 25.3 Å². The number of hydrogen-bond donors (Lipinski definition) is 2. The Kier molecular flexibility index (Phi) is 5.33. The minimum absolute atomic E-state index is 0.0507. The zero-order valence-corrected chi connectivity index (χ0v) is 11.2. The fraction of sp³-hybridized carbons (Fsp3) is 0.600. The Balaban J connectivity index is 1.97. The maximum Gasteiger partial charge on any atom is 0.207 e. The second-order valence-electron chi connectivity index (χ2n) is 5.30. The number of nitrogens with one attached hydrogen (secondary N) is 1. The third kappa shape index (κ3) is 4.03. The van der Waals surface area contributed by atoms with E-state index in [-0.39, 0.29) is 6.04 Å². The molecule has 0 bridgehead atoms. The van der Waals surface area contributed by atoms with Crippen LogP contribution in [-0.2, 0) is 4.79 Å². The van der Waals surface area contributed by atoms with Gasteiger partial charge in [0.05, 0.1) is 11.8 Å². The van der Waals surface area contributed by atoms with Gasteiger partial charge in [0.15, 0.2) is 0 Å². The first-order valence-electron chi connectivity index (χ1n) is 7.10. The van der Waals surface area contributed by atoms with Crippen molar-refractivity contribution in [3.63, 3.8) is 0 Å². The van der Waals surface area contributed by atoms with E-state index in [1.165, 1.54) is 19.3 Å². The van der Waals surface area contributed by atoms with E-state index in [4.69, 9.17) is 0 Å². The third-order valence-electron chi connectivity index (χ3n) is 4.01. The van der Waals surface area contributed by atoms with Crippen LogP contribution in [0.25, 0.3) is 0 Å². The summed E-state index contributed by atoms with van der Waals surface area (Å²) >= 11 is 0. The van der Waals surface area contributed by atoms with Crippen molar-refractivity contribution in [2.24, 2.45) is 5.92 Å². The number of amides is 1. The van der Waals surface area contributed by atoms with Gasteiger partial charge in [-0.15, -0.1) is 0 Å². The molecule has 1 saturated carbocycles. The van der Waals surface area contributed by atoms with E-state index in [2.05, 4.69) is 10.3 Å². The summed E-state index contributed by atoms with van der Waals surface area (Å²) in [7, 11) is 0. The molecule has 4 heteroatoms. The van der Waals surface area contributed by atoms with Gasteiger partial charge in [0, 0.05) is 12.2 Å². The molecule has 0 saturated heterocycles. The monoisotopic (exact) mass is 262 g/mol.